The van der Waals surface area contributed by atoms with Gasteiger partial charge in [0.2, 0.25) is 0 Å². The number of aromatic nitrogens is 1. The van der Waals surface area contributed by atoms with Gasteiger partial charge in [0.1, 0.15) is 17.5 Å². The maximum atomic E-state index is 14.0. The van der Waals surface area contributed by atoms with Gasteiger partial charge in [0.15, 0.2) is 11.6 Å². The Labute approximate surface area is 220 Å². The van der Waals surface area contributed by atoms with Crippen LogP contribution in [0.2, 0.25) is 10.0 Å². The summed E-state index contributed by atoms with van der Waals surface area (Å²) in [6.07, 6.45) is 1.40. The summed E-state index contributed by atoms with van der Waals surface area (Å²) in [4.78, 5) is 18.6. The molecule has 1 aliphatic rings. The molecule has 9 heteroatoms. The molecule has 1 aliphatic heterocycles. The molecule has 0 bridgehead atoms. The number of benzene rings is 2. The lowest BCUT2D eigenvalue weighted by Gasteiger charge is -2.31. The van der Waals surface area contributed by atoms with Crippen LogP contribution >= 0.6 is 23.2 Å². The van der Waals surface area contributed by atoms with E-state index in [1.807, 2.05) is 32.9 Å². The monoisotopic (exact) mass is 531 g/mol. The second-order valence-corrected chi connectivity index (χ2v) is 10.5. The molecule has 36 heavy (non-hydrogen) atoms. The lowest BCUT2D eigenvalue weighted by atomic mass is 9.95. The minimum Gasteiger partial charge on any atom is -0.482 e. The highest BCUT2D eigenvalue weighted by Gasteiger charge is 2.26. The molecule has 4 rings (SSSR count). The Bertz CT molecular complexity index is 1310. The highest BCUT2D eigenvalue weighted by molar-refractivity contribution is 6.36. The normalized spacial score (nSPS) is 14.2. The third-order valence-electron chi connectivity index (χ3n) is 5.88. The van der Waals surface area contributed by atoms with Crippen LogP contribution < -0.4 is 10.5 Å². The Kier molecular flexibility index (Phi) is 7.34. The highest BCUT2D eigenvalue weighted by Crippen LogP contribution is 2.37. The van der Waals surface area contributed by atoms with Crippen molar-refractivity contribution in [3.8, 4) is 16.9 Å². The number of carbonyl (C=O) groups is 1. The average molecular weight is 532 g/mol. The summed E-state index contributed by atoms with van der Waals surface area (Å²) >= 11 is 12.4. The number of pyridine rings is 1. The fourth-order valence-electron chi connectivity index (χ4n) is 4.09. The van der Waals surface area contributed by atoms with Gasteiger partial charge < -0.3 is 20.1 Å². The van der Waals surface area contributed by atoms with Crippen LogP contribution in [0.4, 0.5) is 15.0 Å². The van der Waals surface area contributed by atoms with E-state index < -0.39 is 17.5 Å². The van der Waals surface area contributed by atoms with Crippen LogP contribution in [0.3, 0.4) is 0 Å². The molecule has 190 valence electrons. The molecule has 0 fully saturated rings. The van der Waals surface area contributed by atoms with Gasteiger partial charge >= 0.3 is 6.09 Å². The number of amides is 1. The van der Waals surface area contributed by atoms with E-state index in [-0.39, 0.29) is 16.9 Å². The van der Waals surface area contributed by atoms with Gasteiger partial charge in [-0.25, -0.2) is 14.2 Å². The fourth-order valence-corrected chi connectivity index (χ4v) is 4.77. The summed E-state index contributed by atoms with van der Waals surface area (Å²) < 4.78 is 25.6. The first-order chi connectivity index (χ1) is 16.9. The van der Waals surface area contributed by atoms with Crippen molar-refractivity contribution in [1.82, 2.24) is 9.88 Å². The molecular weight excluding hydrogens is 504 g/mol. The summed E-state index contributed by atoms with van der Waals surface area (Å²) in [6.45, 7) is 8.33. The van der Waals surface area contributed by atoms with Gasteiger partial charge in [0.05, 0.1) is 5.02 Å². The number of fused-ring (bicyclic) bond motifs is 1. The Morgan fingerprint density at radius 1 is 1.14 bits per heavy atom. The summed E-state index contributed by atoms with van der Waals surface area (Å²) in [5.41, 5.74) is 9.75. The first-order valence-corrected chi connectivity index (χ1v) is 12.3. The number of rotatable bonds is 4. The van der Waals surface area contributed by atoms with Crippen LogP contribution in [0.15, 0.2) is 42.6 Å². The maximum absolute atomic E-state index is 14.0. The molecule has 2 N–H and O–H groups in total. The fraction of sp³-hybridized carbons (Fsp3) is 0.333. The molecular formula is C27H28Cl2FN3O3. The van der Waals surface area contributed by atoms with Crippen LogP contribution in [-0.4, -0.2) is 28.1 Å². The number of ether oxygens (including phenoxy) is 2. The topological polar surface area (TPSA) is 77.7 Å². The van der Waals surface area contributed by atoms with Gasteiger partial charge in [0, 0.05) is 35.4 Å². The molecule has 2 aromatic carbocycles. The predicted molar refractivity (Wildman–Crippen MR) is 140 cm³/mol. The Hall–Kier alpha value is -3.03. The molecule has 0 spiro atoms. The number of anilines is 1. The summed E-state index contributed by atoms with van der Waals surface area (Å²) in [5.74, 6) is -0.0753. The Morgan fingerprint density at radius 3 is 2.61 bits per heavy atom. The average Bonchev–Trinajstić information content (AvgIpc) is 2.81. The van der Waals surface area contributed by atoms with Crippen molar-refractivity contribution >= 4 is 35.1 Å². The van der Waals surface area contributed by atoms with Crippen LogP contribution in [0.1, 0.15) is 50.5 Å². The van der Waals surface area contributed by atoms with Crippen molar-refractivity contribution in [2.75, 3.05) is 12.3 Å². The second-order valence-electron chi connectivity index (χ2n) is 9.76. The van der Waals surface area contributed by atoms with E-state index in [1.54, 1.807) is 24.1 Å². The predicted octanol–water partition coefficient (Wildman–Crippen LogP) is 7.21. The largest absolute Gasteiger partial charge is 0.482 e. The van der Waals surface area contributed by atoms with Gasteiger partial charge in [0.25, 0.3) is 0 Å². The number of carbonyl (C=O) groups excluding carboxylic acids is 1. The van der Waals surface area contributed by atoms with E-state index in [0.29, 0.717) is 29.4 Å². The number of halogens is 3. The number of hydrogen-bond donors (Lipinski definition) is 1. The van der Waals surface area contributed by atoms with Gasteiger partial charge in [-0.1, -0.05) is 35.3 Å². The third-order valence-corrected chi connectivity index (χ3v) is 6.59. The Morgan fingerprint density at radius 2 is 1.89 bits per heavy atom. The zero-order valence-corrected chi connectivity index (χ0v) is 22.1. The van der Waals surface area contributed by atoms with Gasteiger partial charge in [-0.3, -0.25) is 0 Å². The quantitative estimate of drug-likeness (QED) is 0.360. The minimum absolute atomic E-state index is 0.0955. The van der Waals surface area contributed by atoms with E-state index in [2.05, 4.69) is 11.1 Å². The third kappa shape index (κ3) is 5.68. The van der Waals surface area contributed by atoms with Crippen LogP contribution in [0.25, 0.3) is 11.1 Å². The van der Waals surface area contributed by atoms with Crippen molar-refractivity contribution < 1.29 is 18.7 Å². The van der Waals surface area contributed by atoms with Crippen molar-refractivity contribution in [3.05, 3.63) is 75.1 Å². The molecule has 1 amide bonds. The number of hydrogen-bond acceptors (Lipinski definition) is 5. The molecule has 1 aromatic heterocycles. The minimum atomic E-state index is -0.675. The highest BCUT2D eigenvalue weighted by atomic mass is 35.5. The molecule has 0 aliphatic carbocycles. The standard InChI is InChI=1S/C27H28Cl2FN3O3/c1-15(23-20(28)7-8-21(30)24(23)29)35-22-12-18(13-32-25(22)31)17-6-5-16-9-10-33(14-19(16)11-17)26(34)36-27(2,3)4/h5-8,11-13,15H,9-10,14H2,1-4H3,(H2,31,32). The zero-order valence-electron chi connectivity index (χ0n) is 20.6. The van der Waals surface area contributed by atoms with E-state index in [0.717, 1.165) is 23.1 Å². The van der Waals surface area contributed by atoms with E-state index in [1.165, 1.54) is 17.7 Å². The van der Waals surface area contributed by atoms with E-state index in [4.69, 9.17) is 38.4 Å². The second kappa shape index (κ2) is 10.1. The lowest BCUT2D eigenvalue weighted by molar-refractivity contribution is 0.0224. The van der Waals surface area contributed by atoms with Crippen LogP contribution in [-0.2, 0) is 17.7 Å². The van der Waals surface area contributed by atoms with E-state index in [9.17, 15) is 9.18 Å². The number of nitrogen functional groups attached to an aromatic ring is 1. The maximum Gasteiger partial charge on any atom is 0.410 e. The number of nitrogens with zero attached hydrogens (tertiary/aromatic N) is 2. The summed E-state index contributed by atoms with van der Waals surface area (Å²) in [6, 6.07) is 10.5. The van der Waals surface area contributed by atoms with Crippen molar-refractivity contribution in [2.24, 2.45) is 0 Å². The first-order valence-electron chi connectivity index (χ1n) is 11.6. The van der Waals surface area contributed by atoms with Crippen LogP contribution in [0.5, 0.6) is 5.75 Å². The summed E-state index contributed by atoms with van der Waals surface area (Å²) in [5, 5.41) is 0.197. The number of nitrogens with two attached hydrogens (primary N) is 1. The molecule has 0 radical (unpaired) electrons. The van der Waals surface area contributed by atoms with Crippen LogP contribution in [0, 0.1) is 5.82 Å². The smallest absolute Gasteiger partial charge is 0.410 e. The summed E-state index contributed by atoms with van der Waals surface area (Å²) in [7, 11) is 0. The molecule has 1 unspecified atom stereocenters. The van der Waals surface area contributed by atoms with Gasteiger partial charge in [-0.15, -0.1) is 0 Å². The molecule has 1 atom stereocenters. The zero-order chi connectivity index (χ0) is 26.2. The molecule has 0 saturated heterocycles. The molecule has 0 saturated carbocycles. The van der Waals surface area contributed by atoms with Crippen molar-refractivity contribution in [2.45, 2.75) is 52.4 Å². The molecule has 2 heterocycles. The SMILES string of the molecule is CC(Oc1cc(-c2ccc3c(c2)CN(C(=O)OC(C)(C)C)CC3)cnc1N)c1c(Cl)ccc(F)c1Cl. The van der Waals surface area contributed by atoms with E-state index >= 15 is 0 Å². The Balaban J connectivity index is 1.58. The first kappa shape index (κ1) is 26.0. The van der Waals surface area contributed by atoms with Crippen molar-refractivity contribution in [3.63, 3.8) is 0 Å². The van der Waals surface area contributed by atoms with Gasteiger partial charge in [-0.05, 0) is 75.1 Å². The lowest BCUT2D eigenvalue weighted by Crippen LogP contribution is -2.39. The van der Waals surface area contributed by atoms with Crippen molar-refractivity contribution in [1.29, 1.82) is 0 Å². The molecule has 6 nitrogen and oxygen atoms in total. The van der Waals surface area contributed by atoms with Gasteiger partial charge in [-0.2, -0.15) is 0 Å². The molecule has 3 aromatic rings.